The molecule has 4 heteroatoms. The third-order valence-electron chi connectivity index (χ3n) is 3.36. The van der Waals surface area contributed by atoms with Crippen LogP contribution in [0.4, 0.5) is 0 Å². The highest BCUT2D eigenvalue weighted by atomic mass is 35.5. The van der Waals surface area contributed by atoms with E-state index in [2.05, 4.69) is 11.4 Å². The van der Waals surface area contributed by atoms with E-state index in [1.54, 1.807) is 0 Å². The van der Waals surface area contributed by atoms with Crippen LogP contribution in [0.2, 0.25) is 5.02 Å². The molecule has 1 unspecified atom stereocenters. The Morgan fingerprint density at radius 3 is 2.79 bits per heavy atom. The molecule has 0 saturated carbocycles. The van der Waals surface area contributed by atoms with Gasteiger partial charge in [-0.25, -0.2) is 0 Å². The quantitative estimate of drug-likeness (QED) is 0.858. The monoisotopic (exact) mass is 280 g/mol. The minimum Gasteiger partial charge on any atom is -0.339 e. The van der Waals surface area contributed by atoms with Crippen molar-refractivity contribution in [1.29, 1.82) is 0 Å². The number of halogens is 1. The van der Waals surface area contributed by atoms with Gasteiger partial charge in [-0.2, -0.15) is 0 Å². The molecule has 0 radical (unpaired) electrons. The zero-order valence-corrected chi connectivity index (χ0v) is 12.5. The zero-order chi connectivity index (χ0) is 14.0. The van der Waals surface area contributed by atoms with E-state index < -0.39 is 0 Å². The Hall–Kier alpha value is -1.06. The summed E-state index contributed by atoms with van der Waals surface area (Å²) in [5, 5.41) is 4.18. The number of benzene rings is 1. The van der Waals surface area contributed by atoms with Crippen molar-refractivity contribution in [3.8, 4) is 0 Å². The molecule has 1 atom stereocenters. The second-order valence-electron chi connectivity index (χ2n) is 6.06. The molecule has 19 heavy (non-hydrogen) atoms. The summed E-state index contributed by atoms with van der Waals surface area (Å²) < 4.78 is 0. The Morgan fingerprint density at radius 2 is 2.16 bits per heavy atom. The lowest BCUT2D eigenvalue weighted by Crippen LogP contribution is -2.51. The summed E-state index contributed by atoms with van der Waals surface area (Å²) in [6.07, 6.45) is 0. The summed E-state index contributed by atoms with van der Waals surface area (Å²) in [4.78, 5) is 14.3. The molecular formula is C15H21ClN2O. The SMILES string of the molecule is CC(C)(C)C(=O)N1CCNC(c2cccc(Cl)c2)C1. The maximum absolute atomic E-state index is 12.3. The van der Waals surface area contributed by atoms with Crippen molar-refractivity contribution in [2.75, 3.05) is 19.6 Å². The van der Waals surface area contributed by atoms with Gasteiger partial charge in [0.1, 0.15) is 0 Å². The normalized spacial score (nSPS) is 20.4. The van der Waals surface area contributed by atoms with Crippen molar-refractivity contribution in [3.63, 3.8) is 0 Å². The van der Waals surface area contributed by atoms with Crippen LogP contribution in [0.25, 0.3) is 0 Å². The largest absolute Gasteiger partial charge is 0.339 e. The summed E-state index contributed by atoms with van der Waals surface area (Å²) in [7, 11) is 0. The van der Waals surface area contributed by atoms with Gasteiger partial charge in [0.15, 0.2) is 0 Å². The van der Waals surface area contributed by atoms with Gasteiger partial charge in [0.25, 0.3) is 0 Å². The van der Waals surface area contributed by atoms with Crippen LogP contribution in [-0.2, 0) is 4.79 Å². The van der Waals surface area contributed by atoms with Crippen molar-refractivity contribution in [2.24, 2.45) is 5.41 Å². The molecule has 1 saturated heterocycles. The van der Waals surface area contributed by atoms with Crippen molar-refractivity contribution in [2.45, 2.75) is 26.8 Å². The predicted molar refractivity (Wildman–Crippen MR) is 78.2 cm³/mol. The molecule has 1 aliphatic rings. The molecule has 1 fully saturated rings. The van der Waals surface area contributed by atoms with Crippen molar-refractivity contribution >= 4 is 17.5 Å². The minimum atomic E-state index is -0.323. The van der Waals surface area contributed by atoms with Crippen LogP contribution in [0.5, 0.6) is 0 Å². The Bertz CT molecular complexity index is 467. The number of carbonyl (C=O) groups is 1. The van der Waals surface area contributed by atoms with Gasteiger partial charge in [-0.05, 0) is 17.7 Å². The molecule has 0 spiro atoms. The Morgan fingerprint density at radius 1 is 1.42 bits per heavy atom. The average Bonchev–Trinajstić information content (AvgIpc) is 2.37. The standard InChI is InChI=1S/C15H21ClN2O/c1-15(2,3)14(19)18-8-7-17-13(10-18)11-5-4-6-12(16)9-11/h4-6,9,13,17H,7-8,10H2,1-3H3. The number of nitrogens with one attached hydrogen (secondary N) is 1. The van der Waals surface area contributed by atoms with Crippen LogP contribution >= 0.6 is 11.6 Å². The molecule has 1 aromatic carbocycles. The van der Waals surface area contributed by atoms with Gasteiger partial charge in [0.2, 0.25) is 5.91 Å². The second-order valence-corrected chi connectivity index (χ2v) is 6.50. The van der Waals surface area contributed by atoms with Crippen molar-refractivity contribution < 1.29 is 4.79 Å². The van der Waals surface area contributed by atoms with E-state index in [1.165, 1.54) is 0 Å². The molecule has 3 nitrogen and oxygen atoms in total. The van der Waals surface area contributed by atoms with E-state index in [0.717, 1.165) is 23.7 Å². The molecule has 1 amide bonds. The molecule has 1 heterocycles. The van der Waals surface area contributed by atoms with E-state index in [4.69, 9.17) is 11.6 Å². The van der Waals surface area contributed by atoms with Gasteiger partial charge < -0.3 is 10.2 Å². The number of piperazine rings is 1. The predicted octanol–water partition coefficient (Wildman–Crippen LogP) is 2.86. The summed E-state index contributed by atoms with van der Waals surface area (Å²) in [6.45, 7) is 8.19. The van der Waals surface area contributed by atoms with Crippen LogP contribution in [-0.4, -0.2) is 30.4 Å². The second kappa shape index (κ2) is 5.51. The fourth-order valence-corrected chi connectivity index (χ4v) is 2.55. The lowest BCUT2D eigenvalue weighted by Gasteiger charge is -2.37. The van der Waals surface area contributed by atoms with Gasteiger partial charge in [0.05, 0.1) is 0 Å². The van der Waals surface area contributed by atoms with Crippen molar-refractivity contribution in [3.05, 3.63) is 34.9 Å². The van der Waals surface area contributed by atoms with Crippen LogP contribution in [0.3, 0.4) is 0 Å². The van der Waals surface area contributed by atoms with E-state index in [-0.39, 0.29) is 17.4 Å². The number of amides is 1. The third kappa shape index (κ3) is 3.48. The van der Waals surface area contributed by atoms with Crippen LogP contribution in [0.1, 0.15) is 32.4 Å². The third-order valence-corrected chi connectivity index (χ3v) is 3.59. The molecule has 1 N–H and O–H groups in total. The number of carbonyl (C=O) groups excluding carboxylic acids is 1. The van der Waals surface area contributed by atoms with E-state index in [9.17, 15) is 4.79 Å². The highest BCUT2D eigenvalue weighted by Gasteiger charge is 2.31. The first-order chi connectivity index (χ1) is 8.88. The molecule has 1 aromatic rings. The molecule has 0 bridgehead atoms. The lowest BCUT2D eigenvalue weighted by atomic mass is 9.93. The van der Waals surface area contributed by atoms with E-state index >= 15 is 0 Å². The van der Waals surface area contributed by atoms with Gasteiger partial charge >= 0.3 is 0 Å². The number of hydrogen-bond donors (Lipinski definition) is 1. The maximum Gasteiger partial charge on any atom is 0.228 e. The first kappa shape index (κ1) is 14.4. The highest BCUT2D eigenvalue weighted by molar-refractivity contribution is 6.30. The number of hydrogen-bond acceptors (Lipinski definition) is 2. The van der Waals surface area contributed by atoms with E-state index in [1.807, 2.05) is 43.9 Å². The lowest BCUT2D eigenvalue weighted by molar-refractivity contribution is -0.140. The molecule has 104 valence electrons. The van der Waals surface area contributed by atoms with Gasteiger partial charge in [-0.3, -0.25) is 4.79 Å². The fourth-order valence-electron chi connectivity index (χ4n) is 2.36. The average molecular weight is 281 g/mol. The topological polar surface area (TPSA) is 32.3 Å². The van der Waals surface area contributed by atoms with Gasteiger partial charge in [-0.1, -0.05) is 44.5 Å². The number of nitrogens with zero attached hydrogens (tertiary/aromatic N) is 1. The summed E-state index contributed by atoms with van der Waals surface area (Å²) >= 11 is 6.03. The van der Waals surface area contributed by atoms with Crippen LogP contribution in [0.15, 0.2) is 24.3 Å². The van der Waals surface area contributed by atoms with Crippen molar-refractivity contribution in [1.82, 2.24) is 10.2 Å². The first-order valence-electron chi connectivity index (χ1n) is 6.66. The van der Waals surface area contributed by atoms with Crippen LogP contribution < -0.4 is 5.32 Å². The highest BCUT2D eigenvalue weighted by Crippen LogP contribution is 2.24. The summed E-state index contributed by atoms with van der Waals surface area (Å²) in [6, 6.07) is 7.99. The summed E-state index contributed by atoms with van der Waals surface area (Å²) in [5.74, 6) is 0.209. The molecule has 1 aliphatic heterocycles. The smallest absolute Gasteiger partial charge is 0.228 e. The minimum absolute atomic E-state index is 0.166. The maximum atomic E-state index is 12.3. The van der Waals surface area contributed by atoms with Gasteiger partial charge in [-0.15, -0.1) is 0 Å². The first-order valence-corrected chi connectivity index (χ1v) is 7.04. The molecule has 0 aromatic heterocycles. The summed E-state index contributed by atoms with van der Waals surface area (Å²) in [5.41, 5.74) is 0.815. The molecular weight excluding hydrogens is 260 g/mol. The number of rotatable bonds is 1. The molecule has 0 aliphatic carbocycles. The molecule has 2 rings (SSSR count). The zero-order valence-electron chi connectivity index (χ0n) is 11.7. The van der Waals surface area contributed by atoms with Gasteiger partial charge in [0, 0.05) is 36.1 Å². The Labute approximate surface area is 119 Å². The Kier molecular flexibility index (Phi) is 4.16. The fraction of sp³-hybridized carbons (Fsp3) is 0.533. The Balaban J connectivity index is 2.11. The van der Waals surface area contributed by atoms with E-state index in [0.29, 0.717) is 6.54 Å². The van der Waals surface area contributed by atoms with Crippen LogP contribution in [0, 0.1) is 5.41 Å².